The largest absolute Gasteiger partial charge is 0.383 e. The Morgan fingerprint density at radius 2 is 1.94 bits per heavy atom. The summed E-state index contributed by atoms with van der Waals surface area (Å²) >= 11 is 12.6. The van der Waals surface area contributed by atoms with E-state index in [0.29, 0.717) is 39.0 Å². The first kappa shape index (κ1) is 23.7. The number of likely N-dealkylation sites (tertiary alicyclic amines) is 1. The molecule has 1 atom stereocenters. The van der Waals surface area contributed by atoms with Gasteiger partial charge in [-0.15, -0.1) is 5.10 Å². The van der Waals surface area contributed by atoms with Crippen molar-refractivity contribution < 1.29 is 4.74 Å². The zero-order chi connectivity index (χ0) is 24.4. The first-order valence-electron chi connectivity index (χ1n) is 11.4. The van der Waals surface area contributed by atoms with Crippen LogP contribution in [0, 0.1) is 0 Å². The molecule has 0 bridgehead atoms. The minimum Gasteiger partial charge on any atom is -0.383 e. The van der Waals surface area contributed by atoms with Crippen molar-refractivity contribution >= 4 is 29.0 Å². The zero-order valence-corrected chi connectivity index (χ0v) is 20.7. The molecule has 1 fully saturated rings. The number of aromatic nitrogens is 5. The number of hydrogen-bond acceptors (Lipinski definition) is 7. The van der Waals surface area contributed by atoms with Gasteiger partial charge in [0.25, 0.3) is 0 Å². The van der Waals surface area contributed by atoms with Crippen LogP contribution in [0.3, 0.4) is 0 Å². The predicted octanol–water partition coefficient (Wildman–Crippen LogP) is 4.89. The molecule has 3 heterocycles. The van der Waals surface area contributed by atoms with Gasteiger partial charge in [0.05, 0.1) is 27.4 Å². The third-order valence-electron chi connectivity index (χ3n) is 6.28. The van der Waals surface area contributed by atoms with E-state index in [9.17, 15) is 0 Å². The monoisotopic (exact) mass is 509 g/mol. The number of ether oxygens (including phenoxy) is 1. The van der Waals surface area contributed by atoms with Crippen LogP contribution < -0.4 is 5.73 Å². The fraction of sp³-hybridized carbons (Fsp3) is 0.280. The number of pyridine rings is 1. The van der Waals surface area contributed by atoms with Crippen LogP contribution in [-0.4, -0.2) is 56.4 Å². The Hall–Kier alpha value is -3.04. The molecule has 4 aromatic rings. The summed E-state index contributed by atoms with van der Waals surface area (Å²) in [7, 11) is 1.79. The third-order valence-corrected chi connectivity index (χ3v) is 7.09. The Kier molecular flexibility index (Phi) is 6.97. The molecule has 1 aliphatic rings. The standard InChI is InChI=1S/C25H25Cl2N7O/c1-35-19-4-3-11-33(15-19)14-16-7-9-17(10-8-16)18-12-20(24(28)29-13-18)25-30-31-32-34(25)22-6-2-5-21(26)23(22)27/h2,5-10,12-13,19H,3-4,11,14-15H2,1H3,(H2,28,29). The molecule has 2 aromatic heterocycles. The minimum absolute atomic E-state index is 0.317. The molecular formula is C25H25Cl2N7O. The van der Waals surface area contributed by atoms with Crippen LogP contribution in [-0.2, 0) is 11.3 Å². The highest BCUT2D eigenvalue weighted by Crippen LogP contribution is 2.33. The van der Waals surface area contributed by atoms with Crippen molar-refractivity contribution in [3.63, 3.8) is 0 Å². The highest BCUT2D eigenvalue weighted by molar-refractivity contribution is 6.43. The molecule has 1 saturated heterocycles. The van der Waals surface area contributed by atoms with Crippen molar-refractivity contribution in [3.8, 4) is 28.2 Å². The molecule has 5 rings (SSSR count). The number of nitrogens with two attached hydrogens (primary N) is 1. The normalized spacial score (nSPS) is 16.5. The van der Waals surface area contributed by atoms with E-state index in [1.807, 2.05) is 6.07 Å². The van der Waals surface area contributed by atoms with Crippen molar-refractivity contribution in [1.82, 2.24) is 30.1 Å². The van der Waals surface area contributed by atoms with E-state index in [0.717, 1.165) is 43.6 Å². The van der Waals surface area contributed by atoms with Gasteiger partial charge in [-0.3, -0.25) is 4.90 Å². The molecule has 10 heteroatoms. The molecular weight excluding hydrogens is 485 g/mol. The molecule has 0 amide bonds. The highest BCUT2D eigenvalue weighted by atomic mass is 35.5. The van der Waals surface area contributed by atoms with E-state index in [4.69, 9.17) is 33.7 Å². The second-order valence-electron chi connectivity index (χ2n) is 8.58. The van der Waals surface area contributed by atoms with Crippen LogP contribution in [0.5, 0.6) is 0 Å². The van der Waals surface area contributed by atoms with E-state index in [1.165, 1.54) is 10.2 Å². The summed E-state index contributed by atoms with van der Waals surface area (Å²) < 4.78 is 7.06. The molecule has 0 aliphatic carbocycles. The maximum absolute atomic E-state index is 6.41. The van der Waals surface area contributed by atoms with Crippen LogP contribution in [0.25, 0.3) is 28.2 Å². The van der Waals surface area contributed by atoms with Crippen LogP contribution in [0.4, 0.5) is 5.82 Å². The lowest BCUT2D eigenvalue weighted by Crippen LogP contribution is -2.38. The Balaban J connectivity index is 1.41. The van der Waals surface area contributed by atoms with E-state index in [-0.39, 0.29) is 0 Å². The number of nitrogen functional groups attached to an aromatic ring is 1. The quantitative estimate of drug-likeness (QED) is 0.395. The number of halogens is 2. The number of tetrazole rings is 1. The molecule has 35 heavy (non-hydrogen) atoms. The topological polar surface area (TPSA) is 95.0 Å². The van der Waals surface area contributed by atoms with Gasteiger partial charge in [0.15, 0.2) is 5.82 Å². The van der Waals surface area contributed by atoms with Crippen LogP contribution in [0.2, 0.25) is 10.0 Å². The van der Waals surface area contributed by atoms with Crippen molar-refractivity contribution in [2.75, 3.05) is 25.9 Å². The van der Waals surface area contributed by atoms with Gasteiger partial charge in [-0.25, -0.2) is 4.98 Å². The van der Waals surface area contributed by atoms with Crippen LogP contribution >= 0.6 is 23.2 Å². The van der Waals surface area contributed by atoms with Gasteiger partial charge in [0.1, 0.15) is 5.82 Å². The molecule has 0 radical (unpaired) electrons. The van der Waals surface area contributed by atoms with E-state index in [2.05, 4.69) is 49.7 Å². The predicted molar refractivity (Wildman–Crippen MR) is 138 cm³/mol. The summed E-state index contributed by atoms with van der Waals surface area (Å²) in [6.45, 7) is 2.97. The Morgan fingerprint density at radius 1 is 1.11 bits per heavy atom. The van der Waals surface area contributed by atoms with Gasteiger partial charge in [0, 0.05) is 32.0 Å². The Labute approximate surface area is 213 Å². The smallest absolute Gasteiger partial charge is 0.190 e. The van der Waals surface area contributed by atoms with E-state index >= 15 is 0 Å². The van der Waals surface area contributed by atoms with Crippen LogP contribution in [0.1, 0.15) is 18.4 Å². The molecule has 2 N–H and O–H groups in total. The second kappa shape index (κ2) is 10.3. The van der Waals surface area contributed by atoms with Crippen LogP contribution in [0.15, 0.2) is 54.7 Å². The molecule has 1 aliphatic heterocycles. The molecule has 0 saturated carbocycles. The van der Waals surface area contributed by atoms with Gasteiger partial charge < -0.3 is 10.5 Å². The van der Waals surface area contributed by atoms with E-state index < -0.39 is 0 Å². The van der Waals surface area contributed by atoms with Gasteiger partial charge in [-0.05, 0) is 59.1 Å². The molecule has 2 aromatic carbocycles. The molecule has 1 unspecified atom stereocenters. The highest BCUT2D eigenvalue weighted by Gasteiger charge is 2.20. The number of methoxy groups -OCH3 is 1. The number of nitrogens with zero attached hydrogens (tertiary/aromatic N) is 6. The van der Waals surface area contributed by atoms with Crippen molar-refractivity contribution in [1.29, 1.82) is 0 Å². The Morgan fingerprint density at radius 3 is 2.74 bits per heavy atom. The first-order valence-corrected chi connectivity index (χ1v) is 12.1. The first-order chi connectivity index (χ1) is 17.0. The number of rotatable bonds is 6. The van der Waals surface area contributed by atoms with Gasteiger partial charge >= 0.3 is 0 Å². The second-order valence-corrected chi connectivity index (χ2v) is 9.36. The lowest BCUT2D eigenvalue weighted by atomic mass is 10.0. The Bertz CT molecular complexity index is 1330. The number of anilines is 1. The van der Waals surface area contributed by atoms with Crippen molar-refractivity contribution in [3.05, 3.63) is 70.3 Å². The average Bonchev–Trinajstić information content (AvgIpc) is 3.36. The summed E-state index contributed by atoms with van der Waals surface area (Å²) in [6, 6.07) is 15.7. The maximum atomic E-state index is 6.41. The van der Waals surface area contributed by atoms with E-state index in [1.54, 1.807) is 31.5 Å². The zero-order valence-electron chi connectivity index (χ0n) is 19.2. The number of piperidine rings is 1. The summed E-state index contributed by atoms with van der Waals surface area (Å²) in [6.07, 6.45) is 4.37. The average molecular weight is 510 g/mol. The summed E-state index contributed by atoms with van der Waals surface area (Å²) in [5.74, 6) is 0.743. The van der Waals surface area contributed by atoms with Crippen molar-refractivity contribution in [2.45, 2.75) is 25.5 Å². The van der Waals surface area contributed by atoms with Gasteiger partial charge in [-0.1, -0.05) is 53.5 Å². The lowest BCUT2D eigenvalue weighted by molar-refractivity contribution is 0.0285. The summed E-state index contributed by atoms with van der Waals surface area (Å²) in [4.78, 5) is 6.85. The van der Waals surface area contributed by atoms with Crippen molar-refractivity contribution in [2.24, 2.45) is 0 Å². The number of benzene rings is 2. The number of hydrogen-bond donors (Lipinski definition) is 1. The fourth-order valence-electron chi connectivity index (χ4n) is 4.40. The molecule has 8 nitrogen and oxygen atoms in total. The fourth-order valence-corrected chi connectivity index (χ4v) is 4.77. The molecule has 180 valence electrons. The maximum Gasteiger partial charge on any atom is 0.190 e. The summed E-state index contributed by atoms with van der Waals surface area (Å²) in [5.41, 5.74) is 10.6. The minimum atomic E-state index is 0.317. The summed E-state index contributed by atoms with van der Waals surface area (Å²) in [5, 5.41) is 12.9. The molecule has 0 spiro atoms. The third kappa shape index (κ3) is 5.01. The van der Waals surface area contributed by atoms with Gasteiger partial charge in [-0.2, -0.15) is 4.68 Å². The SMILES string of the molecule is COC1CCCN(Cc2ccc(-c3cnc(N)c(-c4nnnn4-c4cccc(Cl)c4Cl)c3)cc2)C1. The lowest BCUT2D eigenvalue weighted by Gasteiger charge is -2.31. The van der Waals surface area contributed by atoms with Gasteiger partial charge in [0.2, 0.25) is 0 Å².